The third kappa shape index (κ3) is 13.2. The Bertz CT molecular complexity index is 3150. The molecule has 0 radical (unpaired) electrons. The zero-order chi connectivity index (χ0) is 52.1. The number of nitrogens with zero attached hydrogens (tertiary/aromatic N) is 4. The molecule has 0 bridgehead atoms. The fourth-order valence-electron chi connectivity index (χ4n) is 9.75. The first-order valence-corrected chi connectivity index (χ1v) is 31.3. The molecule has 0 spiro atoms. The lowest BCUT2D eigenvalue weighted by atomic mass is 9.99. The SMILES string of the molecule is CCOP(=O)(Nc1ccc(N2CCN(c3cc(F)cc(-c4c(S(C)(=O)=O)c(C)n(C(C)C)c4-c4ccc(Cl)cc4)c3)CC2)cc1)c1ccc(NC(CCN2CCOCC2)CSc2ccccc2)c(S(C)(=O)=O)c1. The highest BCUT2D eigenvalue weighted by molar-refractivity contribution is 7.99. The van der Waals surface area contributed by atoms with Crippen molar-refractivity contribution in [1.29, 1.82) is 0 Å². The van der Waals surface area contributed by atoms with Gasteiger partial charge in [0.2, 0.25) is 0 Å². The summed E-state index contributed by atoms with van der Waals surface area (Å²) in [5, 5.41) is 7.45. The highest BCUT2D eigenvalue weighted by Crippen LogP contribution is 2.48. The standard InChI is InChI=1S/C54H65ClFN6O7PS3/c1-7-69-70(63,48-21-22-50(51(36-48)72(5,64)65)57-45(23-24-59-29-31-68-32-30-59)37-71-49-11-9-8-10-12-49)58-44-17-19-46(20-18-44)60-25-27-61(28-26-60)47-34-41(33-43(56)35-47)52-53(40-13-15-42(55)16-14-40)62(38(2)3)39(4)54(52)73(6,66)67/h8-22,33-36,38,45,57H,7,23-32,37H2,1-6H3,(H,58,63). The van der Waals surface area contributed by atoms with Crippen LogP contribution in [0.4, 0.5) is 27.1 Å². The lowest BCUT2D eigenvalue weighted by molar-refractivity contribution is 0.0370. The fraction of sp³-hybridized carbons (Fsp3) is 0.370. The van der Waals surface area contributed by atoms with E-state index < -0.39 is 33.0 Å². The maximum Gasteiger partial charge on any atom is 0.323 e. The molecule has 2 fully saturated rings. The largest absolute Gasteiger partial charge is 0.380 e. The molecule has 8 rings (SSSR count). The summed E-state index contributed by atoms with van der Waals surface area (Å²) in [7, 11) is -11.4. The molecule has 5 aromatic carbocycles. The van der Waals surface area contributed by atoms with E-state index in [0.717, 1.165) is 48.5 Å². The average Bonchev–Trinajstić information content (AvgIpc) is 3.69. The quantitative estimate of drug-likeness (QED) is 0.0554. The Labute approximate surface area is 439 Å². The Morgan fingerprint density at radius 3 is 2.07 bits per heavy atom. The molecule has 19 heteroatoms. The second kappa shape index (κ2) is 23.4. The minimum Gasteiger partial charge on any atom is -0.380 e. The molecule has 6 aromatic rings. The van der Waals surface area contributed by atoms with Crippen molar-refractivity contribution in [3.05, 3.63) is 132 Å². The first-order chi connectivity index (χ1) is 34.8. The first-order valence-electron chi connectivity index (χ1n) is 24.5. The Kier molecular flexibility index (Phi) is 17.4. The predicted octanol–water partition coefficient (Wildman–Crippen LogP) is 10.9. The molecule has 0 amide bonds. The highest BCUT2D eigenvalue weighted by atomic mass is 35.5. The van der Waals surface area contributed by atoms with Gasteiger partial charge in [-0.05, 0) is 130 Å². The molecule has 13 nitrogen and oxygen atoms in total. The number of thioether (sulfide) groups is 1. The average molecular weight is 1090 g/mol. The van der Waals surface area contributed by atoms with E-state index in [-0.39, 0.29) is 33.8 Å². The molecule has 2 unspecified atom stereocenters. The number of morpholine rings is 1. The van der Waals surface area contributed by atoms with Gasteiger partial charge in [0.25, 0.3) is 0 Å². The van der Waals surface area contributed by atoms with E-state index in [2.05, 4.69) is 37.2 Å². The van der Waals surface area contributed by atoms with Crippen LogP contribution in [0, 0.1) is 12.7 Å². The minimum atomic E-state index is -3.85. The van der Waals surface area contributed by atoms with Gasteiger partial charge in [-0.15, -0.1) is 11.8 Å². The summed E-state index contributed by atoms with van der Waals surface area (Å²) in [6, 6.07) is 34.3. The molecule has 73 heavy (non-hydrogen) atoms. The summed E-state index contributed by atoms with van der Waals surface area (Å²) < 4.78 is 98.1. The van der Waals surface area contributed by atoms with Crippen LogP contribution in [0.3, 0.4) is 0 Å². The van der Waals surface area contributed by atoms with E-state index in [1.807, 2.05) is 79.1 Å². The molecule has 2 saturated heterocycles. The molecule has 3 heterocycles. The second-order valence-corrected chi connectivity index (χ2v) is 26.4. The molecule has 2 aliphatic rings. The molecule has 2 atom stereocenters. The molecular formula is C54H65ClFN6O7PS3. The summed E-state index contributed by atoms with van der Waals surface area (Å²) >= 11 is 7.98. The van der Waals surface area contributed by atoms with Gasteiger partial charge >= 0.3 is 7.52 Å². The molecule has 0 aliphatic carbocycles. The fourth-order valence-corrected chi connectivity index (χ4v) is 14.8. The number of hydrogen-bond acceptors (Lipinski definition) is 12. The van der Waals surface area contributed by atoms with Crippen LogP contribution < -0.4 is 25.5 Å². The Morgan fingerprint density at radius 1 is 0.795 bits per heavy atom. The van der Waals surface area contributed by atoms with Gasteiger partial charge in [0.15, 0.2) is 19.7 Å². The Balaban J connectivity index is 0.983. The van der Waals surface area contributed by atoms with E-state index in [9.17, 15) is 21.4 Å². The normalized spacial score (nSPS) is 16.1. The van der Waals surface area contributed by atoms with Gasteiger partial charge in [-0.1, -0.05) is 41.9 Å². The van der Waals surface area contributed by atoms with Crippen LogP contribution in [-0.2, 0) is 33.5 Å². The number of halogens is 2. The van der Waals surface area contributed by atoms with Gasteiger partial charge in [0, 0.05) is 114 Å². The van der Waals surface area contributed by atoms with Gasteiger partial charge in [-0.3, -0.25) is 9.46 Å². The summed E-state index contributed by atoms with van der Waals surface area (Å²) in [6.45, 7) is 13.9. The van der Waals surface area contributed by atoms with Crippen LogP contribution in [-0.4, -0.2) is 116 Å². The van der Waals surface area contributed by atoms with Crippen molar-refractivity contribution in [2.45, 2.75) is 60.9 Å². The van der Waals surface area contributed by atoms with Gasteiger partial charge < -0.3 is 34.0 Å². The van der Waals surface area contributed by atoms with Crippen LogP contribution in [0.5, 0.6) is 0 Å². The van der Waals surface area contributed by atoms with Crippen molar-refractivity contribution in [3.63, 3.8) is 0 Å². The number of hydrogen-bond donors (Lipinski definition) is 2. The third-order valence-electron chi connectivity index (χ3n) is 13.2. The Hall–Kier alpha value is -4.84. The number of rotatable bonds is 20. The minimum absolute atomic E-state index is 0.0402. The van der Waals surface area contributed by atoms with Gasteiger partial charge in [-0.25, -0.2) is 21.2 Å². The lowest BCUT2D eigenvalue weighted by Crippen LogP contribution is -2.46. The molecule has 1 aromatic heterocycles. The number of benzene rings is 5. The van der Waals surface area contributed by atoms with Gasteiger partial charge in [0.05, 0.1) is 46.3 Å². The van der Waals surface area contributed by atoms with Crippen LogP contribution >= 0.6 is 30.9 Å². The maximum absolute atomic E-state index is 15.8. The number of nitrogens with one attached hydrogen (secondary N) is 2. The third-order valence-corrected chi connectivity index (χ3v) is 19.1. The van der Waals surface area contributed by atoms with Crippen molar-refractivity contribution in [2.75, 3.05) is 104 Å². The van der Waals surface area contributed by atoms with E-state index in [1.54, 1.807) is 49.9 Å². The first kappa shape index (κ1) is 54.4. The Morgan fingerprint density at radius 2 is 1.45 bits per heavy atom. The second-order valence-electron chi connectivity index (χ2n) is 18.8. The van der Waals surface area contributed by atoms with Crippen molar-refractivity contribution >= 4 is 78.6 Å². The van der Waals surface area contributed by atoms with E-state index >= 15 is 4.39 Å². The molecule has 2 N–H and O–H groups in total. The smallest absolute Gasteiger partial charge is 0.323 e. The van der Waals surface area contributed by atoms with Crippen molar-refractivity contribution < 1.29 is 35.1 Å². The molecule has 390 valence electrons. The molecule has 2 aliphatic heterocycles. The summed E-state index contributed by atoms with van der Waals surface area (Å²) in [4.78, 5) is 8.01. The number of sulfone groups is 2. The van der Waals surface area contributed by atoms with E-state index in [1.165, 1.54) is 24.5 Å². The van der Waals surface area contributed by atoms with Crippen LogP contribution in [0.1, 0.15) is 38.9 Å². The lowest BCUT2D eigenvalue weighted by Gasteiger charge is -2.37. The van der Waals surface area contributed by atoms with Crippen molar-refractivity contribution in [1.82, 2.24) is 9.47 Å². The summed E-state index contributed by atoms with van der Waals surface area (Å²) in [5.41, 5.74) is 5.49. The van der Waals surface area contributed by atoms with Crippen LogP contribution in [0.25, 0.3) is 22.4 Å². The number of ether oxygens (including phenoxy) is 1. The summed E-state index contributed by atoms with van der Waals surface area (Å²) in [6.07, 6.45) is 3.13. The number of piperazine rings is 1. The number of aromatic nitrogens is 1. The maximum atomic E-state index is 15.8. The molecular weight excluding hydrogens is 1030 g/mol. The monoisotopic (exact) mass is 1090 g/mol. The van der Waals surface area contributed by atoms with Gasteiger partial charge in [0.1, 0.15) is 5.82 Å². The van der Waals surface area contributed by atoms with Crippen LogP contribution in [0.15, 0.2) is 130 Å². The summed E-state index contributed by atoms with van der Waals surface area (Å²) in [5.74, 6) is 0.228. The van der Waals surface area contributed by atoms with Crippen molar-refractivity contribution in [3.8, 4) is 22.4 Å². The predicted molar refractivity (Wildman–Crippen MR) is 298 cm³/mol. The van der Waals surface area contributed by atoms with E-state index in [0.29, 0.717) is 89.7 Å². The zero-order valence-corrected chi connectivity index (χ0v) is 46.3. The van der Waals surface area contributed by atoms with Crippen LogP contribution in [0.2, 0.25) is 5.02 Å². The molecule has 0 saturated carbocycles. The van der Waals surface area contributed by atoms with Gasteiger partial charge in [-0.2, -0.15) is 0 Å². The van der Waals surface area contributed by atoms with Crippen molar-refractivity contribution in [2.24, 2.45) is 0 Å². The topological polar surface area (TPSA) is 143 Å². The van der Waals surface area contributed by atoms with E-state index in [4.69, 9.17) is 20.9 Å². The number of anilines is 4. The zero-order valence-electron chi connectivity index (χ0n) is 42.2. The highest BCUT2D eigenvalue weighted by Gasteiger charge is 2.32.